The Kier molecular flexibility index (Phi) is 3.88. The highest BCUT2D eigenvalue weighted by Crippen LogP contribution is 2.25. The number of nitrogens with one attached hydrogen (secondary N) is 1. The van der Waals surface area contributed by atoms with Crippen LogP contribution in [0.3, 0.4) is 0 Å². The zero-order valence-electron chi connectivity index (χ0n) is 11.0. The van der Waals surface area contributed by atoms with Crippen LogP contribution in [0, 0.1) is 0 Å². The van der Waals surface area contributed by atoms with Gasteiger partial charge in [-0.3, -0.25) is 4.90 Å². The van der Waals surface area contributed by atoms with Gasteiger partial charge < -0.3 is 10.1 Å². The van der Waals surface area contributed by atoms with Crippen molar-refractivity contribution in [1.82, 2.24) is 10.2 Å². The smallest absolute Gasteiger partial charge is 0.0622 e. The van der Waals surface area contributed by atoms with Crippen molar-refractivity contribution < 1.29 is 4.74 Å². The molecule has 3 unspecified atom stereocenters. The van der Waals surface area contributed by atoms with Crippen LogP contribution in [-0.2, 0) is 4.74 Å². The van der Waals surface area contributed by atoms with Crippen LogP contribution in [0.1, 0.15) is 40.0 Å². The number of hydrogen-bond donors (Lipinski definition) is 1. The molecule has 0 aromatic heterocycles. The van der Waals surface area contributed by atoms with Gasteiger partial charge in [-0.1, -0.05) is 13.8 Å². The summed E-state index contributed by atoms with van der Waals surface area (Å²) in [4.78, 5) is 2.70. The minimum atomic E-state index is 0.300. The van der Waals surface area contributed by atoms with E-state index >= 15 is 0 Å². The summed E-state index contributed by atoms with van der Waals surface area (Å²) in [7, 11) is 0. The van der Waals surface area contributed by atoms with Gasteiger partial charge >= 0.3 is 0 Å². The fourth-order valence-electron chi connectivity index (χ4n) is 2.90. The van der Waals surface area contributed by atoms with Gasteiger partial charge in [0.2, 0.25) is 0 Å². The van der Waals surface area contributed by atoms with Gasteiger partial charge in [0.1, 0.15) is 0 Å². The van der Waals surface area contributed by atoms with Gasteiger partial charge in [0.25, 0.3) is 0 Å². The first-order valence-electron chi connectivity index (χ1n) is 6.77. The quantitative estimate of drug-likeness (QED) is 0.791. The zero-order chi connectivity index (χ0) is 11.6. The molecule has 16 heavy (non-hydrogen) atoms. The normalized spacial score (nSPS) is 41.4. The van der Waals surface area contributed by atoms with Gasteiger partial charge in [0, 0.05) is 37.3 Å². The van der Waals surface area contributed by atoms with Crippen molar-refractivity contribution in [3.63, 3.8) is 0 Å². The Morgan fingerprint density at radius 2 is 2.25 bits per heavy atom. The summed E-state index contributed by atoms with van der Waals surface area (Å²) in [5.41, 5.74) is 0.300. The van der Waals surface area contributed by atoms with Crippen molar-refractivity contribution in [2.75, 3.05) is 26.3 Å². The highest BCUT2D eigenvalue weighted by atomic mass is 16.5. The summed E-state index contributed by atoms with van der Waals surface area (Å²) >= 11 is 0. The Balaban J connectivity index is 2.04. The maximum absolute atomic E-state index is 5.54. The summed E-state index contributed by atoms with van der Waals surface area (Å²) in [5.74, 6) is 0. The van der Waals surface area contributed by atoms with Crippen LogP contribution in [-0.4, -0.2) is 48.8 Å². The highest BCUT2D eigenvalue weighted by Gasteiger charge is 2.38. The molecule has 2 heterocycles. The Bertz CT molecular complexity index is 226. The zero-order valence-corrected chi connectivity index (χ0v) is 11.0. The van der Waals surface area contributed by atoms with Crippen molar-refractivity contribution in [2.45, 2.75) is 57.7 Å². The van der Waals surface area contributed by atoms with Gasteiger partial charge in [-0.05, 0) is 26.2 Å². The van der Waals surface area contributed by atoms with E-state index in [-0.39, 0.29) is 0 Å². The van der Waals surface area contributed by atoms with Gasteiger partial charge in [-0.25, -0.2) is 0 Å². The Morgan fingerprint density at radius 3 is 2.81 bits per heavy atom. The monoisotopic (exact) mass is 226 g/mol. The van der Waals surface area contributed by atoms with Crippen molar-refractivity contribution in [2.24, 2.45) is 0 Å². The van der Waals surface area contributed by atoms with Crippen LogP contribution in [0.2, 0.25) is 0 Å². The first-order valence-corrected chi connectivity index (χ1v) is 6.77. The second-order valence-corrected chi connectivity index (χ2v) is 5.55. The number of ether oxygens (including phenoxy) is 1. The molecule has 2 saturated heterocycles. The summed E-state index contributed by atoms with van der Waals surface area (Å²) < 4.78 is 5.54. The molecule has 0 amide bonds. The van der Waals surface area contributed by atoms with E-state index in [1.54, 1.807) is 0 Å². The van der Waals surface area contributed by atoms with Crippen molar-refractivity contribution in [3.05, 3.63) is 0 Å². The Morgan fingerprint density at radius 1 is 1.44 bits per heavy atom. The molecule has 2 aliphatic heterocycles. The van der Waals surface area contributed by atoms with E-state index in [9.17, 15) is 0 Å². The third-order valence-corrected chi connectivity index (χ3v) is 4.39. The molecule has 1 N–H and O–H groups in total. The van der Waals surface area contributed by atoms with Crippen LogP contribution >= 0.6 is 0 Å². The minimum absolute atomic E-state index is 0.300. The summed E-state index contributed by atoms with van der Waals surface area (Å²) in [5, 5.41) is 3.72. The molecule has 3 atom stereocenters. The first-order chi connectivity index (χ1) is 7.68. The fraction of sp³-hybridized carbons (Fsp3) is 1.00. The first kappa shape index (κ1) is 12.3. The van der Waals surface area contributed by atoms with E-state index in [0.29, 0.717) is 17.6 Å². The SMILES string of the molecule is CCC1CNC(C)(CC)CN1C1CCOC1. The predicted molar refractivity (Wildman–Crippen MR) is 66.7 cm³/mol. The van der Waals surface area contributed by atoms with Crippen molar-refractivity contribution in [1.29, 1.82) is 0 Å². The van der Waals surface area contributed by atoms with Crippen LogP contribution in [0.25, 0.3) is 0 Å². The van der Waals surface area contributed by atoms with E-state index in [1.165, 1.54) is 25.8 Å². The summed E-state index contributed by atoms with van der Waals surface area (Å²) in [6, 6.07) is 1.37. The fourth-order valence-corrected chi connectivity index (χ4v) is 2.90. The third-order valence-electron chi connectivity index (χ3n) is 4.39. The average Bonchev–Trinajstić information content (AvgIpc) is 2.82. The molecule has 3 heteroatoms. The third kappa shape index (κ3) is 2.41. The molecule has 0 aromatic rings. The van der Waals surface area contributed by atoms with Crippen LogP contribution < -0.4 is 5.32 Å². The lowest BCUT2D eigenvalue weighted by molar-refractivity contribution is 0.0378. The molecule has 94 valence electrons. The lowest BCUT2D eigenvalue weighted by Gasteiger charge is -2.48. The maximum atomic E-state index is 5.54. The second-order valence-electron chi connectivity index (χ2n) is 5.55. The van der Waals surface area contributed by atoms with E-state index in [4.69, 9.17) is 4.74 Å². The van der Waals surface area contributed by atoms with E-state index in [2.05, 4.69) is 31.0 Å². The van der Waals surface area contributed by atoms with Gasteiger partial charge in [-0.2, -0.15) is 0 Å². The molecule has 0 radical (unpaired) electrons. The molecular formula is C13H26N2O. The van der Waals surface area contributed by atoms with Gasteiger partial charge in [0.15, 0.2) is 0 Å². The molecule has 0 spiro atoms. The standard InChI is InChI=1S/C13H26N2O/c1-4-11-8-14-13(3,5-2)10-15(11)12-6-7-16-9-12/h11-12,14H,4-10H2,1-3H3. The average molecular weight is 226 g/mol. The largest absolute Gasteiger partial charge is 0.380 e. The molecule has 0 aliphatic carbocycles. The van der Waals surface area contributed by atoms with Crippen LogP contribution in [0.5, 0.6) is 0 Å². The number of rotatable bonds is 3. The number of piperazine rings is 1. The topological polar surface area (TPSA) is 24.5 Å². The predicted octanol–water partition coefficient (Wildman–Crippen LogP) is 1.63. The number of hydrogen-bond acceptors (Lipinski definition) is 3. The molecule has 0 saturated carbocycles. The molecule has 3 nitrogen and oxygen atoms in total. The van der Waals surface area contributed by atoms with Crippen LogP contribution in [0.4, 0.5) is 0 Å². The van der Waals surface area contributed by atoms with Crippen LogP contribution in [0.15, 0.2) is 0 Å². The van der Waals surface area contributed by atoms with Crippen molar-refractivity contribution >= 4 is 0 Å². The summed E-state index contributed by atoms with van der Waals surface area (Å²) in [6.07, 6.45) is 3.66. The highest BCUT2D eigenvalue weighted by molar-refractivity contribution is 4.97. The van der Waals surface area contributed by atoms with Gasteiger partial charge in [-0.15, -0.1) is 0 Å². The maximum Gasteiger partial charge on any atom is 0.0622 e. The molecule has 2 rings (SSSR count). The number of nitrogens with zero attached hydrogens (tertiary/aromatic N) is 1. The lowest BCUT2D eigenvalue weighted by atomic mass is 9.91. The van der Waals surface area contributed by atoms with Gasteiger partial charge in [0.05, 0.1) is 6.61 Å². The molecule has 2 fully saturated rings. The lowest BCUT2D eigenvalue weighted by Crippen LogP contribution is -2.64. The van der Waals surface area contributed by atoms with E-state index in [1.807, 2.05) is 0 Å². The molecular weight excluding hydrogens is 200 g/mol. The summed E-state index contributed by atoms with van der Waals surface area (Å²) in [6.45, 7) is 11.1. The van der Waals surface area contributed by atoms with E-state index < -0.39 is 0 Å². The molecule has 0 bridgehead atoms. The molecule has 2 aliphatic rings. The van der Waals surface area contributed by atoms with E-state index in [0.717, 1.165) is 19.8 Å². The Hall–Kier alpha value is -0.120. The second kappa shape index (κ2) is 5.03. The minimum Gasteiger partial charge on any atom is -0.380 e. The molecule has 0 aromatic carbocycles. The van der Waals surface area contributed by atoms with Crippen molar-refractivity contribution in [3.8, 4) is 0 Å². The Labute approximate surface area is 99.5 Å².